The lowest BCUT2D eigenvalue weighted by Gasteiger charge is -2.35. The number of allylic oxidation sites excluding steroid dienone is 12. The Morgan fingerprint density at radius 1 is 0.404 bits per heavy atom. The second-order valence-corrected chi connectivity index (χ2v) is 28.1. The first kappa shape index (κ1) is 68.4. The Hall–Kier alpha value is -11.5. The van der Waals surface area contributed by atoms with Crippen molar-refractivity contribution in [2.24, 2.45) is 45.0 Å². The van der Waals surface area contributed by atoms with E-state index >= 15 is 9.59 Å². The molecular weight excluding hydrogens is 1300 g/mol. The van der Waals surface area contributed by atoms with Crippen LogP contribution in [0.1, 0.15) is 41.5 Å². The van der Waals surface area contributed by atoms with Crippen LogP contribution in [0.2, 0.25) is 0 Å². The van der Waals surface area contributed by atoms with E-state index in [1.165, 1.54) is 62.4 Å². The molecule has 0 radical (unpaired) electrons. The first-order chi connectivity index (χ1) is 43.9. The van der Waals surface area contributed by atoms with Gasteiger partial charge in [-0.3, -0.25) is 51.7 Å². The predicted octanol–water partition coefficient (Wildman–Crippen LogP) is 3.09. The molecule has 0 saturated heterocycles. The number of guanidine groups is 4. The first-order valence-electron chi connectivity index (χ1n) is 27.4. The van der Waals surface area contributed by atoms with Crippen LogP contribution in [0.4, 0.5) is 22.7 Å². The molecule has 0 aliphatic heterocycles. The second-order valence-electron chi connectivity index (χ2n) is 21.4. The van der Waals surface area contributed by atoms with Crippen molar-refractivity contribution in [2.75, 3.05) is 21.5 Å². The quantitative estimate of drug-likeness (QED) is 0.0211. The number of hydrogen-bond acceptors (Lipinski definition) is 24. The number of aliphatic hydroxyl groups is 2. The largest absolute Gasteiger partial charge is 0.504 e. The Bertz CT molecular complexity index is 4560. The van der Waals surface area contributed by atoms with Gasteiger partial charge in [0.1, 0.15) is 0 Å². The number of anilines is 4. The lowest BCUT2D eigenvalue weighted by Crippen LogP contribution is -2.38. The predicted molar refractivity (Wildman–Crippen MR) is 349 cm³/mol. The molecule has 490 valence electrons. The monoisotopic (exact) mass is 1360 g/mol. The van der Waals surface area contributed by atoms with Gasteiger partial charge in [-0.1, -0.05) is 27.7 Å². The number of nitrogens with one attached hydrogen (secondary N) is 12. The van der Waals surface area contributed by atoms with Crippen molar-refractivity contribution in [2.45, 2.75) is 61.1 Å². The number of nitrogens with two attached hydrogens (primary N) is 4. The van der Waals surface area contributed by atoms with E-state index in [4.69, 9.17) is 54.8 Å². The third kappa shape index (κ3) is 13.7. The fraction of sp³-hybridized carbons (Fsp3) is 0.138. The molecule has 32 nitrogen and oxygen atoms in total. The van der Waals surface area contributed by atoms with E-state index in [-0.39, 0.29) is 87.2 Å². The third-order valence-corrected chi connectivity index (χ3v) is 19.8. The van der Waals surface area contributed by atoms with Gasteiger partial charge >= 0.3 is 0 Å². The lowest BCUT2D eigenvalue weighted by molar-refractivity contribution is -0.117. The Morgan fingerprint density at radius 3 is 0.883 bits per heavy atom. The minimum atomic E-state index is -4.34. The first-order valence-corrected chi connectivity index (χ1v) is 33.3. The average molecular weight is 1360 g/mol. The van der Waals surface area contributed by atoms with Crippen LogP contribution in [-0.4, -0.2) is 102 Å². The van der Waals surface area contributed by atoms with Crippen molar-refractivity contribution in [1.29, 1.82) is 21.6 Å². The summed E-state index contributed by atoms with van der Waals surface area (Å²) in [6, 6.07) is 19.3. The number of carbonyl (C=O) groups excluding carboxylic acids is 4. The topological polar surface area (TPSA) is 566 Å². The van der Waals surface area contributed by atoms with Crippen molar-refractivity contribution in [1.82, 2.24) is 18.9 Å². The number of benzene rings is 4. The van der Waals surface area contributed by atoms with Crippen molar-refractivity contribution in [3.05, 3.63) is 188 Å². The summed E-state index contributed by atoms with van der Waals surface area (Å²) in [6.45, 7) is 9.17. The minimum Gasteiger partial charge on any atom is -0.504 e. The van der Waals surface area contributed by atoms with E-state index in [2.05, 4.69) is 21.5 Å². The van der Waals surface area contributed by atoms with Gasteiger partial charge in [0.25, 0.3) is 40.1 Å². The molecule has 36 heteroatoms. The van der Waals surface area contributed by atoms with Crippen LogP contribution in [0, 0.1) is 33.5 Å². The van der Waals surface area contributed by atoms with E-state index in [0.717, 1.165) is 60.9 Å². The fourth-order valence-electron chi connectivity index (χ4n) is 10.2. The Morgan fingerprint density at radius 2 is 0.649 bits per heavy atom. The molecule has 4 aromatic rings. The van der Waals surface area contributed by atoms with Crippen LogP contribution < -0.4 is 63.3 Å². The van der Waals surface area contributed by atoms with Crippen molar-refractivity contribution in [3.63, 3.8) is 0 Å². The van der Waals surface area contributed by atoms with Crippen LogP contribution >= 0.6 is 0 Å². The van der Waals surface area contributed by atoms with Crippen LogP contribution in [0.15, 0.2) is 218 Å². The molecule has 4 aliphatic carbocycles. The Labute approximate surface area is 537 Å². The third-order valence-electron chi connectivity index (χ3n) is 14.2. The highest BCUT2D eigenvalue weighted by Gasteiger charge is 2.49. The summed E-state index contributed by atoms with van der Waals surface area (Å²) >= 11 is 0. The molecule has 0 atom stereocenters. The lowest BCUT2D eigenvalue weighted by atomic mass is 9.66. The van der Waals surface area contributed by atoms with Crippen molar-refractivity contribution < 1.29 is 63.1 Å². The van der Waals surface area contributed by atoms with E-state index < -0.39 is 144 Å². The molecule has 0 spiro atoms. The zero-order chi connectivity index (χ0) is 69.4. The van der Waals surface area contributed by atoms with Gasteiger partial charge in [0, 0.05) is 68.4 Å². The van der Waals surface area contributed by atoms with Crippen LogP contribution in [0.5, 0.6) is 0 Å². The molecule has 0 fully saturated rings. The maximum atomic E-state index is 16.3. The van der Waals surface area contributed by atoms with E-state index in [1.807, 2.05) is 18.9 Å². The summed E-state index contributed by atoms with van der Waals surface area (Å²) in [5, 5.41) is 69.0. The molecule has 0 amide bonds. The van der Waals surface area contributed by atoms with Gasteiger partial charge in [-0.25, -0.2) is 52.6 Å². The molecule has 22 N–H and O–H groups in total. The summed E-state index contributed by atoms with van der Waals surface area (Å²) in [5.41, 5.74) is 23.1. The van der Waals surface area contributed by atoms with Crippen molar-refractivity contribution in [3.8, 4) is 0 Å². The highest BCUT2D eigenvalue weighted by atomic mass is 32.2. The van der Waals surface area contributed by atoms with Crippen molar-refractivity contribution >= 4 is 121 Å². The van der Waals surface area contributed by atoms with Gasteiger partial charge in [0.05, 0.1) is 53.5 Å². The van der Waals surface area contributed by atoms with Gasteiger partial charge in [-0.15, -0.1) is 0 Å². The standard InChI is InChI=1S/C58H60N18O14S4/c1-25(2)39-45-43(37(49(77)53(39)81)23-67-29-7-15-33(16-8-29)91(83,84)73-55(59)60)51(79)41(27(5)47(45)71-69-31-11-19-35(20-12-31)93(87,88)75-57(63)64)42-28(6)48(72-70-32-13-21-36(22-14-32)94(89,90)76-58(65)66)46-40(26(3)4)54(82)50(78)38(44(46)52(42)80)24-68-30-9-17-34(18-10-30)92(85,86)74-56(61)62/h7-26,67-70,81-82H,1-6H3,(H4,59,60,73)(H4,61,62,74)(H4,63,64,75)(H4,65,66,76)/b37-23-,38-24-,71-47+,72-48+. The summed E-state index contributed by atoms with van der Waals surface area (Å²) in [6.07, 6.45) is 2.09. The maximum Gasteiger partial charge on any atom is 0.264 e. The zero-order valence-corrected chi connectivity index (χ0v) is 53.4. The molecule has 0 bridgehead atoms. The van der Waals surface area contributed by atoms with E-state index in [1.54, 1.807) is 27.7 Å². The number of hydrazone groups is 2. The molecule has 0 unspecified atom stereocenters. The van der Waals surface area contributed by atoms with E-state index in [0.29, 0.717) is 0 Å². The van der Waals surface area contributed by atoms with E-state index in [9.17, 15) is 53.5 Å². The molecule has 0 saturated carbocycles. The summed E-state index contributed by atoms with van der Waals surface area (Å²) in [7, 11) is -17.3. The molecule has 0 heterocycles. The molecule has 94 heavy (non-hydrogen) atoms. The number of nitrogens with zero attached hydrogens (tertiary/aromatic N) is 2. The summed E-state index contributed by atoms with van der Waals surface area (Å²) in [5.74, 6) is -11.1. The SMILES string of the molecule is CC1=C(C2=C(C)/C(=N\Nc3ccc(S(=O)(=O)NC(=N)N)cc3)C3=C(C2=O)/C(=C/Nc2ccc(S(=O)(=O)NC(=N)N)cc2)C(=O)C(O)=C3C(C)C)C(=O)C2=C(C(C(C)C)=C(O)C(=O)/C2=C\Nc2ccc(S(=O)(=O)NC(=N)N)cc2)/C1=N/Nc1ccc(S(=O)(=O)NC(=N)N)cc1. The number of carbonyl (C=O) groups is 4. The average Bonchev–Trinajstić information content (AvgIpc) is 0.709. The fourth-order valence-corrected chi connectivity index (χ4v) is 13.8. The summed E-state index contributed by atoms with van der Waals surface area (Å²) in [4.78, 5) is 60.9. The molecule has 8 rings (SSSR count). The normalized spacial score (nSPS) is 17.5. The van der Waals surface area contributed by atoms with Gasteiger partial charge in [0.15, 0.2) is 46.9 Å². The minimum absolute atomic E-state index is 0.0928. The number of Topliss-reactive ketones (excluding diaryl/α,β-unsaturated/α-hetero) is 4. The van der Waals surface area contributed by atoms with Gasteiger partial charge < -0.3 is 43.8 Å². The number of aliphatic hydroxyl groups excluding tert-OH is 2. The number of ketones is 4. The summed E-state index contributed by atoms with van der Waals surface area (Å²) < 4.78 is 111. The van der Waals surface area contributed by atoms with Gasteiger partial charge in [-0.2, -0.15) is 10.2 Å². The molecule has 4 aromatic carbocycles. The highest BCUT2D eigenvalue weighted by Crippen LogP contribution is 2.48. The van der Waals surface area contributed by atoms with Crippen LogP contribution in [-0.2, 0) is 59.3 Å². The highest BCUT2D eigenvalue weighted by molar-refractivity contribution is 7.91. The Kier molecular flexibility index (Phi) is 18.9. The number of hydrogen-bond donors (Lipinski definition) is 18. The smallest absolute Gasteiger partial charge is 0.264 e. The molecule has 0 aromatic heterocycles. The van der Waals surface area contributed by atoms with Crippen LogP contribution in [0.25, 0.3) is 0 Å². The van der Waals surface area contributed by atoms with Gasteiger partial charge in [0.2, 0.25) is 11.6 Å². The molecule has 4 aliphatic rings. The van der Waals surface area contributed by atoms with Crippen LogP contribution in [0.3, 0.4) is 0 Å². The number of sulfonamides is 4. The molecular formula is C58H60N18O14S4. The van der Waals surface area contributed by atoms with Gasteiger partial charge in [-0.05, 0) is 134 Å². The zero-order valence-electron chi connectivity index (χ0n) is 50.2. The second kappa shape index (κ2) is 26.0. The number of rotatable bonds is 19. The maximum absolute atomic E-state index is 16.3. The Balaban J connectivity index is 1.40.